The van der Waals surface area contributed by atoms with Crippen molar-refractivity contribution in [3.05, 3.63) is 0 Å². The van der Waals surface area contributed by atoms with E-state index < -0.39 is 8.32 Å². The van der Waals surface area contributed by atoms with Gasteiger partial charge in [-0.2, -0.15) is 0 Å². The van der Waals surface area contributed by atoms with Crippen LogP contribution in [0.2, 0.25) is 18.1 Å². The summed E-state index contributed by atoms with van der Waals surface area (Å²) in [5.74, 6) is 0. The number of nitrogens with two attached hydrogens (primary N) is 1. The Morgan fingerprint density at radius 1 is 1.35 bits per heavy atom. The standard InChI is InChI=1S/C12H27NO3Si/c1-8-11(10(13)9(7-14)15-8)16-17(5,6)12(2,3)4/h8-11,14H,7,13H2,1-6H3/t8-,9+,10?,11+/m0/s1. The molecule has 1 unspecified atom stereocenters. The highest BCUT2D eigenvalue weighted by atomic mass is 28.4. The highest BCUT2D eigenvalue weighted by Crippen LogP contribution is 2.39. The Labute approximate surface area is 106 Å². The second-order valence-electron chi connectivity index (χ2n) is 6.48. The number of hydrogen-bond acceptors (Lipinski definition) is 4. The molecule has 0 saturated carbocycles. The van der Waals surface area contributed by atoms with Crippen LogP contribution in [-0.4, -0.2) is 44.4 Å². The largest absolute Gasteiger partial charge is 0.410 e. The molecule has 0 aromatic carbocycles. The van der Waals surface area contributed by atoms with E-state index in [9.17, 15) is 5.11 Å². The fraction of sp³-hybridized carbons (Fsp3) is 1.00. The van der Waals surface area contributed by atoms with Gasteiger partial charge in [0.1, 0.15) is 0 Å². The zero-order valence-electron chi connectivity index (χ0n) is 11.9. The number of ether oxygens (including phenoxy) is 1. The Hall–Kier alpha value is 0.0569. The number of rotatable bonds is 3. The SMILES string of the molecule is C[C@@H]1O[C@H](CO)C(N)[C@@H]1O[Si](C)(C)C(C)(C)C. The fourth-order valence-electron chi connectivity index (χ4n) is 1.82. The molecule has 0 bridgehead atoms. The van der Waals surface area contributed by atoms with Crippen molar-refractivity contribution < 1.29 is 14.3 Å². The zero-order valence-corrected chi connectivity index (χ0v) is 12.9. The van der Waals surface area contributed by atoms with Crippen LogP contribution in [0.15, 0.2) is 0 Å². The molecular formula is C12H27NO3Si. The van der Waals surface area contributed by atoms with Crippen LogP contribution in [0.25, 0.3) is 0 Å². The first-order valence-electron chi connectivity index (χ1n) is 6.30. The Balaban J connectivity index is 2.75. The number of aliphatic hydroxyl groups is 1. The minimum absolute atomic E-state index is 0.0388. The van der Waals surface area contributed by atoms with E-state index in [1.807, 2.05) is 6.92 Å². The van der Waals surface area contributed by atoms with Crippen molar-refractivity contribution in [2.24, 2.45) is 5.73 Å². The van der Waals surface area contributed by atoms with Gasteiger partial charge in [-0.15, -0.1) is 0 Å². The predicted molar refractivity (Wildman–Crippen MR) is 71.5 cm³/mol. The summed E-state index contributed by atoms with van der Waals surface area (Å²) in [6.07, 6.45) is -0.441. The van der Waals surface area contributed by atoms with Crippen molar-refractivity contribution in [3.8, 4) is 0 Å². The van der Waals surface area contributed by atoms with Gasteiger partial charge in [-0.05, 0) is 25.1 Å². The summed E-state index contributed by atoms with van der Waals surface area (Å²) < 4.78 is 11.9. The van der Waals surface area contributed by atoms with Crippen LogP contribution in [0.3, 0.4) is 0 Å². The molecule has 5 heteroatoms. The molecule has 0 aromatic heterocycles. The fourth-order valence-corrected chi connectivity index (χ4v) is 3.21. The van der Waals surface area contributed by atoms with Gasteiger partial charge >= 0.3 is 0 Å². The van der Waals surface area contributed by atoms with E-state index in [-0.39, 0.29) is 36.0 Å². The maximum atomic E-state index is 9.18. The third-order valence-corrected chi connectivity index (χ3v) is 8.55. The van der Waals surface area contributed by atoms with Crippen molar-refractivity contribution >= 4 is 8.32 Å². The van der Waals surface area contributed by atoms with Crippen molar-refractivity contribution in [2.75, 3.05) is 6.61 Å². The minimum Gasteiger partial charge on any atom is -0.410 e. The normalized spacial score (nSPS) is 35.3. The molecule has 1 aliphatic heterocycles. The quantitative estimate of drug-likeness (QED) is 0.755. The van der Waals surface area contributed by atoms with Gasteiger partial charge in [-0.25, -0.2) is 0 Å². The van der Waals surface area contributed by atoms with Crippen LogP contribution in [-0.2, 0) is 9.16 Å². The van der Waals surface area contributed by atoms with Gasteiger partial charge in [-0.1, -0.05) is 20.8 Å². The average molecular weight is 261 g/mol. The van der Waals surface area contributed by atoms with Crippen LogP contribution in [0.4, 0.5) is 0 Å². The monoisotopic (exact) mass is 261 g/mol. The summed E-state index contributed by atoms with van der Waals surface area (Å²) in [6.45, 7) is 13.0. The topological polar surface area (TPSA) is 64.7 Å². The van der Waals surface area contributed by atoms with Crippen LogP contribution in [0.1, 0.15) is 27.7 Å². The van der Waals surface area contributed by atoms with Gasteiger partial charge < -0.3 is 20.0 Å². The molecule has 0 aliphatic carbocycles. The van der Waals surface area contributed by atoms with E-state index in [0.717, 1.165) is 0 Å². The van der Waals surface area contributed by atoms with Crippen LogP contribution < -0.4 is 5.73 Å². The molecule has 1 rings (SSSR count). The highest BCUT2D eigenvalue weighted by Gasteiger charge is 2.46. The summed E-state index contributed by atoms with van der Waals surface area (Å²) in [5, 5.41) is 9.34. The van der Waals surface area contributed by atoms with Crippen molar-refractivity contribution in [1.82, 2.24) is 0 Å². The molecule has 0 amide bonds. The van der Waals surface area contributed by atoms with Crippen LogP contribution >= 0.6 is 0 Å². The smallest absolute Gasteiger partial charge is 0.192 e. The van der Waals surface area contributed by atoms with E-state index in [0.29, 0.717) is 0 Å². The molecule has 1 saturated heterocycles. The van der Waals surface area contributed by atoms with E-state index in [4.69, 9.17) is 14.9 Å². The molecule has 3 N–H and O–H groups in total. The predicted octanol–water partition coefficient (Wildman–Crippen LogP) is 1.48. The summed E-state index contributed by atoms with van der Waals surface area (Å²) in [6, 6.07) is -0.232. The second-order valence-corrected chi connectivity index (χ2v) is 11.2. The Morgan fingerprint density at radius 3 is 2.24 bits per heavy atom. The first-order chi connectivity index (χ1) is 7.60. The molecule has 0 spiro atoms. The van der Waals surface area contributed by atoms with Crippen molar-refractivity contribution in [3.63, 3.8) is 0 Å². The molecule has 17 heavy (non-hydrogen) atoms. The first-order valence-corrected chi connectivity index (χ1v) is 9.20. The summed E-state index contributed by atoms with van der Waals surface area (Å²) >= 11 is 0. The van der Waals surface area contributed by atoms with Crippen molar-refractivity contribution in [2.45, 2.75) is 70.2 Å². The van der Waals surface area contributed by atoms with E-state index in [2.05, 4.69) is 33.9 Å². The molecule has 0 radical (unpaired) electrons. The minimum atomic E-state index is -1.84. The summed E-state index contributed by atoms with van der Waals surface area (Å²) in [4.78, 5) is 0. The Morgan fingerprint density at radius 2 is 1.88 bits per heavy atom. The average Bonchev–Trinajstić information content (AvgIpc) is 2.43. The van der Waals surface area contributed by atoms with Crippen LogP contribution in [0.5, 0.6) is 0 Å². The lowest BCUT2D eigenvalue weighted by Crippen LogP contribution is -2.51. The number of aliphatic hydroxyl groups excluding tert-OH is 1. The first kappa shape index (κ1) is 15.1. The Kier molecular flexibility index (Phi) is 4.42. The van der Waals surface area contributed by atoms with Crippen LogP contribution in [0, 0.1) is 0 Å². The highest BCUT2D eigenvalue weighted by molar-refractivity contribution is 6.74. The van der Waals surface area contributed by atoms with Gasteiger partial charge in [0, 0.05) is 0 Å². The molecule has 4 nitrogen and oxygen atoms in total. The third kappa shape index (κ3) is 3.09. The lowest BCUT2D eigenvalue weighted by molar-refractivity contribution is 0.00164. The molecular weight excluding hydrogens is 234 g/mol. The molecule has 102 valence electrons. The zero-order chi connectivity index (χ0) is 13.4. The summed E-state index contributed by atoms with van der Waals surface area (Å²) in [5.41, 5.74) is 6.09. The van der Waals surface area contributed by atoms with Gasteiger partial charge in [-0.3, -0.25) is 0 Å². The Bertz CT molecular complexity index is 265. The maximum absolute atomic E-state index is 9.18. The molecule has 1 heterocycles. The molecule has 0 aromatic rings. The van der Waals surface area contributed by atoms with Gasteiger partial charge in [0.05, 0.1) is 31.0 Å². The third-order valence-electron chi connectivity index (χ3n) is 4.08. The lowest BCUT2D eigenvalue weighted by atomic mass is 10.1. The van der Waals surface area contributed by atoms with Crippen molar-refractivity contribution in [1.29, 1.82) is 0 Å². The molecule has 1 aliphatic rings. The lowest BCUT2D eigenvalue weighted by Gasteiger charge is -2.40. The van der Waals surface area contributed by atoms with Gasteiger partial charge in [0.25, 0.3) is 0 Å². The van der Waals surface area contributed by atoms with E-state index in [1.54, 1.807) is 0 Å². The van der Waals surface area contributed by atoms with E-state index >= 15 is 0 Å². The van der Waals surface area contributed by atoms with E-state index in [1.165, 1.54) is 0 Å². The maximum Gasteiger partial charge on any atom is 0.192 e. The summed E-state index contributed by atoms with van der Waals surface area (Å²) in [7, 11) is -1.84. The molecule has 1 fully saturated rings. The number of hydrogen-bond donors (Lipinski definition) is 2. The molecule has 4 atom stereocenters. The second kappa shape index (κ2) is 4.97. The van der Waals surface area contributed by atoms with Gasteiger partial charge in [0.2, 0.25) is 0 Å². The van der Waals surface area contributed by atoms with Gasteiger partial charge in [0.15, 0.2) is 8.32 Å².